The van der Waals surface area contributed by atoms with Crippen LogP contribution >= 0.6 is 0 Å². The molecule has 0 radical (unpaired) electrons. The van der Waals surface area contributed by atoms with Gasteiger partial charge in [-0.3, -0.25) is 0 Å². The summed E-state index contributed by atoms with van der Waals surface area (Å²) in [6.07, 6.45) is 24.2. The van der Waals surface area contributed by atoms with Gasteiger partial charge in [0.05, 0.1) is 19.6 Å². The summed E-state index contributed by atoms with van der Waals surface area (Å²) >= 11 is 0. The fourth-order valence-corrected chi connectivity index (χ4v) is 5.00. The Morgan fingerprint density at radius 1 is 0.469 bits per heavy atom. The molecule has 0 fully saturated rings. The maximum absolute atomic E-state index is 2.35. The molecule has 0 N–H and O–H groups in total. The summed E-state index contributed by atoms with van der Waals surface area (Å²) in [5, 5.41) is 0. The standard InChI is InChI=1S/C30H56N.ClH/c1-4-7-10-11-12-13-14-15-16-17-18-19-23-28-31(26-8-5-2,27-9-6-3)29-30-24-21-20-22-25-30;/h20-22,24-25H,4-19,23,26-29H2,1-3H3;1H/q+1;/p-1. The second-order valence-corrected chi connectivity index (χ2v) is 10.1. The van der Waals surface area contributed by atoms with Gasteiger partial charge in [0.1, 0.15) is 6.54 Å². The molecule has 188 valence electrons. The lowest BCUT2D eigenvalue weighted by Gasteiger charge is -2.39. The molecular weight excluding hydrogens is 410 g/mol. The fraction of sp³-hybridized carbons (Fsp3) is 0.800. The van der Waals surface area contributed by atoms with Gasteiger partial charge in [0, 0.05) is 5.56 Å². The Bertz CT molecular complexity index is 479. The molecule has 1 aromatic rings. The van der Waals surface area contributed by atoms with E-state index in [-0.39, 0.29) is 12.4 Å². The Morgan fingerprint density at radius 2 is 0.844 bits per heavy atom. The molecule has 0 atom stereocenters. The van der Waals surface area contributed by atoms with Crippen LogP contribution < -0.4 is 12.4 Å². The number of rotatable bonds is 22. The van der Waals surface area contributed by atoms with Crippen LogP contribution in [0.15, 0.2) is 30.3 Å². The number of hydrogen-bond acceptors (Lipinski definition) is 0. The van der Waals surface area contributed by atoms with Gasteiger partial charge in [-0.05, 0) is 25.7 Å². The maximum Gasteiger partial charge on any atom is 0.104 e. The third kappa shape index (κ3) is 16.1. The lowest BCUT2D eigenvalue weighted by Crippen LogP contribution is -3.00. The topological polar surface area (TPSA) is 0 Å². The van der Waals surface area contributed by atoms with Crippen molar-refractivity contribution in [3.8, 4) is 0 Å². The fourth-order valence-electron chi connectivity index (χ4n) is 5.00. The highest BCUT2D eigenvalue weighted by atomic mass is 35.5. The van der Waals surface area contributed by atoms with E-state index in [1.807, 2.05) is 0 Å². The van der Waals surface area contributed by atoms with E-state index in [4.69, 9.17) is 0 Å². The van der Waals surface area contributed by atoms with E-state index >= 15 is 0 Å². The minimum atomic E-state index is 0. The molecule has 1 rings (SSSR count). The first-order valence-electron chi connectivity index (χ1n) is 14.2. The molecule has 2 heteroatoms. The van der Waals surface area contributed by atoms with Crippen LogP contribution in [0.25, 0.3) is 0 Å². The lowest BCUT2D eigenvalue weighted by atomic mass is 10.0. The summed E-state index contributed by atoms with van der Waals surface area (Å²) in [6.45, 7) is 12.3. The third-order valence-corrected chi connectivity index (χ3v) is 7.07. The maximum atomic E-state index is 2.35. The summed E-state index contributed by atoms with van der Waals surface area (Å²) < 4.78 is 1.32. The number of halogens is 1. The Labute approximate surface area is 208 Å². The highest BCUT2D eigenvalue weighted by molar-refractivity contribution is 5.13. The molecule has 0 heterocycles. The van der Waals surface area contributed by atoms with Crippen molar-refractivity contribution < 1.29 is 16.9 Å². The zero-order valence-electron chi connectivity index (χ0n) is 22.1. The monoisotopic (exact) mass is 465 g/mol. The first-order chi connectivity index (χ1) is 15.3. The Hall–Kier alpha value is -0.530. The Morgan fingerprint density at radius 3 is 1.28 bits per heavy atom. The van der Waals surface area contributed by atoms with Gasteiger partial charge < -0.3 is 16.9 Å². The molecular formula is C30H56ClN. The van der Waals surface area contributed by atoms with Crippen LogP contribution in [0.1, 0.15) is 135 Å². The van der Waals surface area contributed by atoms with Crippen LogP contribution in [0.2, 0.25) is 0 Å². The van der Waals surface area contributed by atoms with Gasteiger partial charge >= 0.3 is 0 Å². The average molecular weight is 466 g/mol. The zero-order chi connectivity index (χ0) is 22.5. The summed E-state index contributed by atoms with van der Waals surface area (Å²) in [6, 6.07) is 11.3. The van der Waals surface area contributed by atoms with E-state index in [1.54, 1.807) is 0 Å². The van der Waals surface area contributed by atoms with Crippen LogP contribution in [0.5, 0.6) is 0 Å². The van der Waals surface area contributed by atoms with Gasteiger partial charge in [0.25, 0.3) is 0 Å². The molecule has 1 nitrogen and oxygen atoms in total. The van der Waals surface area contributed by atoms with Gasteiger partial charge in [-0.15, -0.1) is 0 Å². The van der Waals surface area contributed by atoms with Crippen molar-refractivity contribution in [2.24, 2.45) is 0 Å². The minimum Gasteiger partial charge on any atom is -1.00 e. The lowest BCUT2D eigenvalue weighted by molar-refractivity contribution is -0.941. The van der Waals surface area contributed by atoms with Crippen LogP contribution in [0, 0.1) is 0 Å². The smallest absolute Gasteiger partial charge is 0.104 e. The van der Waals surface area contributed by atoms with E-state index < -0.39 is 0 Å². The van der Waals surface area contributed by atoms with E-state index in [0.29, 0.717) is 0 Å². The van der Waals surface area contributed by atoms with Crippen molar-refractivity contribution in [2.75, 3.05) is 19.6 Å². The van der Waals surface area contributed by atoms with Crippen LogP contribution in [-0.2, 0) is 6.54 Å². The van der Waals surface area contributed by atoms with Crippen molar-refractivity contribution in [1.82, 2.24) is 0 Å². The van der Waals surface area contributed by atoms with Gasteiger partial charge in [-0.2, -0.15) is 0 Å². The molecule has 32 heavy (non-hydrogen) atoms. The molecule has 0 aliphatic carbocycles. The largest absolute Gasteiger partial charge is 1.00 e. The van der Waals surface area contributed by atoms with Crippen LogP contribution in [0.3, 0.4) is 0 Å². The molecule has 0 saturated heterocycles. The van der Waals surface area contributed by atoms with Gasteiger partial charge in [0.15, 0.2) is 0 Å². The molecule has 0 unspecified atom stereocenters. The number of benzene rings is 1. The van der Waals surface area contributed by atoms with Gasteiger partial charge in [0.2, 0.25) is 0 Å². The summed E-state index contributed by atoms with van der Waals surface area (Å²) in [5.41, 5.74) is 1.53. The predicted octanol–water partition coefficient (Wildman–Crippen LogP) is 6.70. The first-order valence-corrected chi connectivity index (χ1v) is 14.2. The molecule has 0 spiro atoms. The van der Waals surface area contributed by atoms with Crippen molar-refractivity contribution in [1.29, 1.82) is 0 Å². The van der Waals surface area contributed by atoms with Crippen molar-refractivity contribution in [2.45, 2.75) is 136 Å². The molecule has 0 aromatic heterocycles. The molecule has 0 aliphatic rings. The van der Waals surface area contributed by atoms with Gasteiger partial charge in [-0.1, -0.05) is 135 Å². The Kier molecular flexibility index (Phi) is 21.9. The Balaban J connectivity index is 0.00000961. The highest BCUT2D eigenvalue weighted by Crippen LogP contribution is 2.21. The molecule has 0 amide bonds. The number of quaternary nitrogens is 1. The van der Waals surface area contributed by atoms with Crippen molar-refractivity contribution in [3.05, 3.63) is 35.9 Å². The molecule has 0 bridgehead atoms. The number of nitrogens with zero attached hydrogens (tertiary/aromatic N) is 1. The SMILES string of the molecule is CCCCCCCCCCCCCCC[N+](CCCC)(CCCC)Cc1ccccc1.[Cl-]. The summed E-state index contributed by atoms with van der Waals surface area (Å²) in [5.74, 6) is 0. The summed E-state index contributed by atoms with van der Waals surface area (Å²) in [4.78, 5) is 0. The minimum absolute atomic E-state index is 0. The number of unbranched alkanes of at least 4 members (excludes halogenated alkanes) is 14. The normalized spacial score (nSPS) is 11.5. The second kappa shape index (κ2) is 22.3. The predicted molar refractivity (Wildman–Crippen MR) is 141 cm³/mol. The van der Waals surface area contributed by atoms with Crippen LogP contribution in [0.4, 0.5) is 0 Å². The first kappa shape index (κ1) is 31.5. The van der Waals surface area contributed by atoms with Crippen molar-refractivity contribution >= 4 is 0 Å². The average Bonchev–Trinajstić information content (AvgIpc) is 2.80. The van der Waals surface area contributed by atoms with Crippen LogP contribution in [-0.4, -0.2) is 24.1 Å². The van der Waals surface area contributed by atoms with Gasteiger partial charge in [-0.25, -0.2) is 0 Å². The zero-order valence-corrected chi connectivity index (χ0v) is 22.8. The molecule has 0 aliphatic heterocycles. The third-order valence-electron chi connectivity index (χ3n) is 7.07. The van der Waals surface area contributed by atoms with E-state index in [1.165, 1.54) is 145 Å². The number of hydrogen-bond donors (Lipinski definition) is 0. The second-order valence-electron chi connectivity index (χ2n) is 10.1. The van der Waals surface area contributed by atoms with E-state index in [0.717, 1.165) is 0 Å². The molecule has 0 saturated carbocycles. The van der Waals surface area contributed by atoms with Crippen molar-refractivity contribution in [3.63, 3.8) is 0 Å². The quantitative estimate of drug-likeness (QED) is 0.132. The van der Waals surface area contributed by atoms with E-state index in [9.17, 15) is 0 Å². The highest BCUT2D eigenvalue weighted by Gasteiger charge is 2.26. The summed E-state index contributed by atoms with van der Waals surface area (Å²) in [7, 11) is 0. The molecule has 1 aromatic carbocycles. The van der Waals surface area contributed by atoms with E-state index in [2.05, 4.69) is 51.1 Å².